The zero-order valence-corrected chi connectivity index (χ0v) is 39.4. The van der Waals surface area contributed by atoms with Gasteiger partial charge in [-0.2, -0.15) is 11.8 Å². The second-order valence-corrected chi connectivity index (χ2v) is 20.9. The van der Waals surface area contributed by atoms with Crippen LogP contribution in [0.25, 0.3) is 0 Å². The summed E-state index contributed by atoms with van der Waals surface area (Å²) in [6.45, 7) is 17.1. The standard InChI is InChI=1S/C48H78N6O8S/c1-33-12-15-38(55)29-36(33)14-13-35-9-8-19-48(5)39(16-17-40(35)48)34(2)42(18-20-47(3,4)58)62-31-37-30-54(53-52-37)22-24-60-26-28-61-27-25-59-23-21-49-44(56)11-7-6-10-43-45-41(32-63-43)50-46(57)51-45/h13-14,30,34,38-43,45,55,58H,1,6-12,15-29,31-32H2,2-5H3,(H,49,56)(H2,50,51,57)/b35-13+,36-14-/t34-,38-,39+,40-,41+,42+,43+,45+,48+/m0/s1. The number of urea groups is 1. The molecule has 2 aliphatic heterocycles. The number of unbranched alkanes of at least 4 members (excludes halogenated alkanes) is 1. The first kappa shape index (κ1) is 49.6. The number of hydrogen-bond donors (Lipinski definition) is 5. The fourth-order valence-corrected chi connectivity index (χ4v) is 12.4. The van der Waals surface area contributed by atoms with Crippen molar-refractivity contribution in [1.29, 1.82) is 0 Å². The molecule has 0 bridgehead atoms. The minimum Gasteiger partial charge on any atom is -0.393 e. The molecule has 3 heterocycles. The van der Waals surface area contributed by atoms with Crippen molar-refractivity contribution >= 4 is 23.7 Å². The molecule has 9 atom stereocenters. The molecule has 6 rings (SSSR count). The minimum absolute atomic E-state index is 0.0150. The largest absolute Gasteiger partial charge is 0.393 e. The highest BCUT2D eigenvalue weighted by Crippen LogP contribution is 2.60. The Morgan fingerprint density at radius 1 is 1.10 bits per heavy atom. The van der Waals surface area contributed by atoms with Crippen molar-refractivity contribution < 1.29 is 38.7 Å². The first-order valence-electron chi connectivity index (χ1n) is 24.0. The molecule has 5 fully saturated rings. The number of aromatic nitrogens is 3. The lowest BCUT2D eigenvalue weighted by atomic mass is 9.60. The topological polar surface area (TPSA) is 178 Å². The van der Waals surface area contributed by atoms with E-state index in [4.69, 9.17) is 18.9 Å². The Balaban J connectivity index is 0.824. The molecule has 354 valence electrons. The van der Waals surface area contributed by atoms with Crippen molar-refractivity contribution in [2.75, 3.05) is 51.9 Å². The number of carbonyl (C=O) groups is 2. The third-order valence-electron chi connectivity index (χ3n) is 14.4. The maximum atomic E-state index is 12.2. The number of aliphatic hydroxyl groups is 2. The fraction of sp³-hybridized carbons (Fsp3) is 0.792. The van der Waals surface area contributed by atoms with Gasteiger partial charge >= 0.3 is 6.03 Å². The molecule has 0 spiro atoms. The smallest absolute Gasteiger partial charge is 0.315 e. The number of nitrogens with one attached hydrogen (secondary N) is 3. The summed E-state index contributed by atoms with van der Waals surface area (Å²) < 4.78 is 25.5. The molecule has 0 aromatic carbocycles. The number of fused-ring (bicyclic) bond motifs is 2. The van der Waals surface area contributed by atoms with E-state index < -0.39 is 5.60 Å². The van der Waals surface area contributed by atoms with Gasteiger partial charge in [0, 0.05) is 24.0 Å². The quantitative estimate of drug-likeness (QED) is 0.0513. The lowest BCUT2D eigenvalue weighted by Crippen LogP contribution is -2.40. The first-order chi connectivity index (χ1) is 30.3. The molecular formula is C48H78N6O8S. The van der Waals surface area contributed by atoms with Crippen LogP contribution in [-0.2, 0) is 36.9 Å². The lowest BCUT2D eigenvalue weighted by molar-refractivity contribution is -0.121. The molecule has 0 radical (unpaired) electrons. The van der Waals surface area contributed by atoms with E-state index in [9.17, 15) is 19.8 Å². The predicted octanol–water partition coefficient (Wildman–Crippen LogP) is 6.41. The molecular weight excluding hydrogens is 821 g/mol. The Bertz CT molecular complexity index is 1700. The van der Waals surface area contributed by atoms with Gasteiger partial charge in [0.1, 0.15) is 5.69 Å². The molecule has 63 heavy (non-hydrogen) atoms. The van der Waals surface area contributed by atoms with Crippen LogP contribution in [0.5, 0.6) is 0 Å². The second-order valence-electron chi connectivity index (χ2n) is 19.6. The van der Waals surface area contributed by atoms with Gasteiger partial charge < -0.3 is 45.1 Å². The highest BCUT2D eigenvalue weighted by Gasteiger charge is 2.52. The summed E-state index contributed by atoms with van der Waals surface area (Å²) in [6.07, 6.45) is 19.3. The van der Waals surface area contributed by atoms with Crippen LogP contribution in [0.15, 0.2) is 41.6 Å². The summed E-state index contributed by atoms with van der Waals surface area (Å²) in [6, 6.07) is 0.395. The molecule has 3 saturated carbocycles. The average Bonchev–Trinajstić information content (AvgIpc) is 4.03. The summed E-state index contributed by atoms with van der Waals surface area (Å²) in [7, 11) is 0. The van der Waals surface area contributed by atoms with Crippen molar-refractivity contribution in [3.05, 3.63) is 47.3 Å². The number of rotatable bonds is 26. The van der Waals surface area contributed by atoms with Crippen LogP contribution in [0.2, 0.25) is 0 Å². The Kier molecular flexibility index (Phi) is 19.0. The zero-order valence-electron chi connectivity index (χ0n) is 38.6. The van der Waals surface area contributed by atoms with E-state index in [1.807, 2.05) is 31.8 Å². The van der Waals surface area contributed by atoms with Crippen LogP contribution in [0, 0.1) is 23.2 Å². The molecule has 2 saturated heterocycles. The third kappa shape index (κ3) is 14.9. The normalized spacial score (nSPS) is 29.4. The molecule has 0 unspecified atom stereocenters. The highest BCUT2D eigenvalue weighted by atomic mass is 32.2. The fourth-order valence-electron chi connectivity index (χ4n) is 10.8. The maximum Gasteiger partial charge on any atom is 0.315 e. The second kappa shape index (κ2) is 24.1. The van der Waals surface area contributed by atoms with Crippen molar-refractivity contribution in [2.45, 2.75) is 166 Å². The van der Waals surface area contributed by atoms with Crippen LogP contribution in [0.4, 0.5) is 4.79 Å². The van der Waals surface area contributed by atoms with E-state index in [2.05, 4.69) is 58.8 Å². The number of aliphatic hydroxyl groups excluding tert-OH is 1. The lowest BCUT2D eigenvalue weighted by Gasteiger charge is -2.46. The Morgan fingerprint density at radius 3 is 2.67 bits per heavy atom. The number of allylic oxidation sites excluding steroid dienone is 4. The zero-order chi connectivity index (χ0) is 44.8. The van der Waals surface area contributed by atoms with Gasteiger partial charge in [0.25, 0.3) is 0 Å². The summed E-state index contributed by atoms with van der Waals surface area (Å²) in [5.74, 6) is 2.38. The SMILES string of the molecule is C=C1CC[C@H](O)C/C1=C/C=C1\CCC[C@]2(C)[C@@H]([C@H](C)[C@@H](CCC(C)(C)O)OCc3cn(CCOCCOCCOCCNC(=O)CCCC[C@H]4SC[C@H]5NC(=O)N[C@H]54)nn3)CC[C@@H]12. The molecule has 3 amide bonds. The van der Waals surface area contributed by atoms with Crippen molar-refractivity contribution in [1.82, 2.24) is 30.9 Å². The number of hydrogen-bond acceptors (Lipinski definition) is 11. The number of amides is 3. The maximum absolute atomic E-state index is 12.2. The molecule has 15 heteroatoms. The van der Waals surface area contributed by atoms with Gasteiger partial charge in [0.2, 0.25) is 5.91 Å². The van der Waals surface area contributed by atoms with E-state index in [-0.39, 0.29) is 41.6 Å². The molecule has 5 N–H and O–H groups in total. The average molecular weight is 899 g/mol. The molecule has 1 aromatic heterocycles. The van der Waals surface area contributed by atoms with Gasteiger partial charge in [-0.1, -0.05) is 55.4 Å². The van der Waals surface area contributed by atoms with Crippen LogP contribution in [-0.4, -0.2) is 124 Å². The van der Waals surface area contributed by atoms with E-state index in [0.29, 0.717) is 102 Å². The van der Waals surface area contributed by atoms with E-state index in [0.717, 1.165) is 56.4 Å². The van der Waals surface area contributed by atoms with Gasteiger partial charge in [0.15, 0.2) is 0 Å². The number of thioether (sulfide) groups is 1. The van der Waals surface area contributed by atoms with Crippen molar-refractivity contribution in [3.8, 4) is 0 Å². The van der Waals surface area contributed by atoms with E-state index in [1.165, 1.54) is 36.8 Å². The molecule has 3 aliphatic carbocycles. The van der Waals surface area contributed by atoms with Crippen LogP contribution < -0.4 is 16.0 Å². The monoisotopic (exact) mass is 899 g/mol. The highest BCUT2D eigenvalue weighted by molar-refractivity contribution is 8.00. The molecule has 5 aliphatic rings. The van der Waals surface area contributed by atoms with Gasteiger partial charge in [-0.15, -0.1) is 5.10 Å². The first-order valence-corrected chi connectivity index (χ1v) is 25.0. The van der Waals surface area contributed by atoms with Crippen molar-refractivity contribution in [2.24, 2.45) is 23.2 Å². The predicted molar refractivity (Wildman–Crippen MR) is 246 cm³/mol. The van der Waals surface area contributed by atoms with Gasteiger partial charge in [-0.05, 0) is 120 Å². The van der Waals surface area contributed by atoms with Crippen molar-refractivity contribution in [3.63, 3.8) is 0 Å². The Labute approximate surface area is 380 Å². The third-order valence-corrected chi connectivity index (χ3v) is 15.9. The van der Waals surface area contributed by atoms with E-state index in [1.54, 1.807) is 10.3 Å². The minimum atomic E-state index is -0.770. The molecule has 1 aromatic rings. The number of carbonyl (C=O) groups excluding carboxylic acids is 2. The summed E-state index contributed by atoms with van der Waals surface area (Å²) in [5, 5.41) is 39.0. The van der Waals surface area contributed by atoms with Gasteiger partial charge in [-0.25, -0.2) is 9.48 Å². The Hall–Kier alpha value is -2.79. The summed E-state index contributed by atoms with van der Waals surface area (Å²) in [5.41, 5.74) is 4.14. The van der Waals surface area contributed by atoms with Crippen LogP contribution in [0.1, 0.15) is 123 Å². The number of nitrogens with zero attached hydrogens (tertiary/aromatic N) is 3. The van der Waals surface area contributed by atoms with Gasteiger partial charge in [-0.3, -0.25) is 4.79 Å². The Morgan fingerprint density at radius 2 is 1.87 bits per heavy atom. The summed E-state index contributed by atoms with van der Waals surface area (Å²) in [4.78, 5) is 23.7. The van der Waals surface area contributed by atoms with Crippen LogP contribution >= 0.6 is 11.8 Å². The molecule has 14 nitrogen and oxygen atoms in total. The van der Waals surface area contributed by atoms with E-state index >= 15 is 0 Å². The number of ether oxygens (including phenoxy) is 4. The van der Waals surface area contributed by atoms with Crippen LogP contribution in [0.3, 0.4) is 0 Å². The van der Waals surface area contributed by atoms with Gasteiger partial charge in [0.05, 0.1) is 88.9 Å². The summed E-state index contributed by atoms with van der Waals surface area (Å²) >= 11 is 1.90.